The van der Waals surface area contributed by atoms with Gasteiger partial charge in [-0.3, -0.25) is 0 Å². The van der Waals surface area contributed by atoms with Gasteiger partial charge < -0.3 is 10.0 Å². The lowest BCUT2D eigenvalue weighted by Crippen LogP contribution is -2.16. The summed E-state index contributed by atoms with van der Waals surface area (Å²) in [4.78, 5) is 2.14. The van der Waals surface area contributed by atoms with Crippen LogP contribution < -0.4 is 4.90 Å². The van der Waals surface area contributed by atoms with Gasteiger partial charge in [0.05, 0.1) is 6.10 Å². The Labute approximate surface area is 133 Å². The van der Waals surface area contributed by atoms with Crippen molar-refractivity contribution in [2.24, 2.45) is 0 Å². The molecule has 0 aromatic heterocycles. The summed E-state index contributed by atoms with van der Waals surface area (Å²) in [6.07, 6.45) is -0.475. The van der Waals surface area contributed by atoms with Crippen LogP contribution in [0, 0.1) is 0 Å². The number of halogens is 2. The normalized spacial score (nSPS) is 12.2. The number of hydrogen-bond acceptors (Lipinski definition) is 2. The van der Waals surface area contributed by atoms with Crippen LogP contribution in [0.4, 0.5) is 5.69 Å². The fraction of sp³-hybridized carbons (Fsp3) is 0.250. The number of benzene rings is 2. The van der Waals surface area contributed by atoms with E-state index in [9.17, 15) is 5.11 Å². The summed E-state index contributed by atoms with van der Waals surface area (Å²) >= 11 is 9.51. The van der Waals surface area contributed by atoms with E-state index in [2.05, 4.69) is 26.9 Å². The van der Waals surface area contributed by atoms with Crippen molar-refractivity contribution in [2.45, 2.75) is 19.6 Å². The van der Waals surface area contributed by atoms with Crippen LogP contribution in [-0.4, -0.2) is 12.2 Å². The highest BCUT2D eigenvalue weighted by Crippen LogP contribution is 2.28. The molecule has 0 fully saturated rings. The summed E-state index contributed by atoms with van der Waals surface area (Å²) in [5, 5.41) is 10.4. The average molecular weight is 355 g/mol. The lowest BCUT2D eigenvalue weighted by molar-refractivity contribution is 0.198. The maximum absolute atomic E-state index is 9.64. The smallest absolute Gasteiger partial charge is 0.0772 e. The van der Waals surface area contributed by atoms with Gasteiger partial charge in [0.15, 0.2) is 0 Å². The molecule has 0 bridgehead atoms. The van der Waals surface area contributed by atoms with Crippen molar-refractivity contribution in [2.75, 3.05) is 11.9 Å². The summed E-state index contributed by atoms with van der Waals surface area (Å²) in [6, 6.07) is 13.8. The second kappa shape index (κ2) is 6.61. The van der Waals surface area contributed by atoms with Crippen molar-refractivity contribution in [3.63, 3.8) is 0 Å². The van der Waals surface area contributed by atoms with Gasteiger partial charge in [0.2, 0.25) is 0 Å². The van der Waals surface area contributed by atoms with Crippen LogP contribution in [-0.2, 0) is 6.54 Å². The van der Waals surface area contributed by atoms with E-state index in [1.165, 1.54) is 0 Å². The Balaban J connectivity index is 2.17. The zero-order valence-corrected chi connectivity index (χ0v) is 13.8. The molecule has 20 heavy (non-hydrogen) atoms. The Hall–Kier alpha value is -1.03. The van der Waals surface area contributed by atoms with E-state index in [1.807, 2.05) is 43.4 Å². The van der Waals surface area contributed by atoms with Gasteiger partial charge in [-0.25, -0.2) is 0 Å². The number of aliphatic hydroxyl groups excluding tert-OH is 1. The lowest BCUT2D eigenvalue weighted by atomic mass is 10.1. The molecule has 0 heterocycles. The molecule has 1 N–H and O–H groups in total. The van der Waals surface area contributed by atoms with Crippen molar-refractivity contribution in [1.29, 1.82) is 0 Å². The molecule has 1 atom stereocenters. The van der Waals surface area contributed by atoms with Crippen molar-refractivity contribution in [1.82, 2.24) is 0 Å². The molecule has 0 aliphatic heterocycles. The van der Waals surface area contributed by atoms with Crippen LogP contribution in [0.15, 0.2) is 46.9 Å². The van der Waals surface area contributed by atoms with Crippen molar-refractivity contribution in [3.05, 3.63) is 63.1 Å². The molecule has 0 aliphatic rings. The highest BCUT2D eigenvalue weighted by molar-refractivity contribution is 9.10. The summed E-state index contributed by atoms with van der Waals surface area (Å²) in [7, 11) is 2.03. The van der Waals surface area contributed by atoms with Gasteiger partial charge >= 0.3 is 0 Å². The Morgan fingerprint density at radius 2 is 2.00 bits per heavy atom. The molecule has 2 rings (SSSR count). The van der Waals surface area contributed by atoms with Gasteiger partial charge in [-0.15, -0.1) is 0 Å². The van der Waals surface area contributed by atoms with Crippen LogP contribution in [0.1, 0.15) is 24.2 Å². The maximum atomic E-state index is 9.64. The molecule has 0 aliphatic carbocycles. The quantitative estimate of drug-likeness (QED) is 0.853. The molecule has 4 heteroatoms. The fourth-order valence-electron chi connectivity index (χ4n) is 2.09. The monoisotopic (exact) mass is 353 g/mol. The molecule has 0 radical (unpaired) electrons. The molecule has 0 saturated carbocycles. The van der Waals surface area contributed by atoms with Crippen LogP contribution >= 0.6 is 27.5 Å². The van der Waals surface area contributed by atoms with Gasteiger partial charge in [-0.1, -0.05) is 45.7 Å². The molecule has 0 spiro atoms. The Morgan fingerprint density at radius 1 is 1.25 bits per heavy atom. The lowest BCUT2D eigenvalue weighted by Gasteiger charge is -2.21. The highest BCUT2D eigenvalue weighted by Gasteiger charge is 2.09. The molecular formula is C16H17BrClNO. The van der Waals surface area contributed by atoms with Gasteiger partial charge in [0.25, 0.3) is 0 Å². The van der Waals surface area contributed by atoms with Crippen LogP contribution in [0.25, 0.3) is 0 Å². The van der Waals surface area contributed by atoms with E-state index >= 15 is 0 Å². The first-order chi connectivity index (χ1) is 9.47. The summed E-state index contributed by atoms with van der Waals surface area (Å²) in [5.74, 6) is 0. The third-order valence-corrected chi connectivity index (χ3v) is 4.11. The number of aliphatic hydroxyl groups is 1. The highest BCUT2D eigenvalue weighted by atomic mass is 79.9. The summed E-state index contributed by atoms with van der Waals surface area (Å²) < 4.78 is 0.919. The fourth-order valence-corrected chi connectivity index (χ4v) is 3.00. The zero-order chi connectivity index (χ0) is 14.7. The molecule has 2 nitrogen and oxygen atoms in total. The van der Waals surface area contributed by atoms with Gasteiger partial charge in [-0.05, 0) is 42.3 Å². The zero-order valence-electron chi connectivity index (χ0n) is 11.5. The van der Waals surface area contributed by atoms with Crippen molar-refractivity contribution in [3.8, 4) is 0 Å². The standard InChI is InChI=1S/C16H17BrClNO/c1-11(20)15-7-6-14(9-16(15)17)19(2)10-12-4-3-5-13(18)8-12/h3-9,11,20H,10H2,1-2H3. The number of rotatable bonds is 4. The minimum atomic E-state index is -0.475. The van der Waals surface area contributed by atoms with E-state index in [-0.39, 0.29) is 0 Å². The first-order valence-electron chi connectivity index (χ1n) is 6.40. The van der Waals surface area contributed by atoms with Crippen molar-refractivity contribution >= 4 is 33.2 Å². The molecule has 0 saturated heterocycles. The van der Waals surface area contributed by atoms with Gasteiger partial charge in [0.1, 0.15) is 0 Å². The topological polar surface area (TPSA) is 23.5 Å². The van der Waals surface area contributed by atoms with E-state index in [1.54, 1.807) is 6.92 Å². The predicted molar refractivity (Wildman–Crippen MR) is 88.3 cm³/mol. The van der Waals surface area contributed by atoms with Crippen LogP contribution in [0.5, 0.6) is 0 Å². The van der Waals surface area contributed by atoms with Gasteiger partial charge in [0, 0.05) is 28.8 Å². The minimum absolute atomic E-state index is 0.475. The molecule has 1 unspecified atom stereocenters. The second-order valence-corrected chi connectivity index (χ2v) is 6.16. The maximum Gasteiger partial charge on any atom is 0.0772 e. The molecule has 2 aromatic carbocycles. The Bertz CT molecular complexity index is 601. The Kier molecular flexibility index (Phi) is 5.08. The SMILES string of the molecule is CC(O)c1ccc(N(C)Cc2cccc(Cl)c2)cc1Br. The van der Waals surface area contributed by atoms with E-state index < -0.39 is 6.10 Å². The molecular weight excluding hydrogens is 338 g/mol. The number of hydrogen-bond donors (Lipinski definition) is 1. The van der Waals surface area contributed by atoms with Crippen LogP contribution in [0.3, 0.4) is 0 Å². The van der Waals surface area contributed by atoms with Crippen LogP contribution in [0.2, 0.25) is 5.02 Å². The first kappa shape index (κ1) is 15.4. The first-order valence-corrected chi connectivity index (χ1v) is 7.57. The predicted octanol–water partition coefficient (Wildman–Crippen LogP) is 4.79. The van der Waals surface area contributed by atoms with E-state index in [0.29, 0.717) is 0 Å². The summed E-state index contributed by atoms with van der Waals surface area (Å²) in [6.45, 7) is 2.54. The third kappa shape index (κ3) is 3.75. The third-order valence-electron chi connectivity index (χ3n) is 3.18. The minimum Gasteiger partial charge on any atom is -0.389 e. The Morgan fingerprint density at radius 3 is 2.60 bits per heavy atom. The van der Waals surface area contributed by atoms with E-state index in [4.69, 9.17) is 11.6 Å². The van der Waals surface area contributed by atoms with Crippen molar-refractivity contribution < 1.29 is 5.11 Å². The largest absolute Gasteiger partial charge is 0.389 e. The molecule has 2 aromatic rings. The summed E-state index contributed by atoms with van der Waals surface area (Å²) in [5.41, 5.74) is 3.14. The van der Waals surface area contributed by atoms with Gasteiger partial charge in [-0.2, -0.15) is 0 Å². The molecule has 0 amide bonds. The number of anilines is 1. The van der Waals surface area contributed by atoms with E-state index in [0.717, 1.165) is 32.9 Å². The molecule has 106 valence electrons. The number of nitrogens with zero attached hydrogens (tertiary/aromatic N) is 1. The second-order valence-electron chi connectivity index (χ2n) is 4.87. The average Bonchev–Trinajstić information content (AvgIpc) is 2.38.